The van der Waals surface area contributed by atoms with Gasteiger partial charge in [0.25, 0.3) is 0 Å². The number of amides is 1. The monoisotopic (exact) mass is 236 g/mol. The lowest BCUT2D eigenvalue weighted by Gasteiger charge is -2.19. The maximum Gasteiger partial charge on any atom is 0.410 e. The van der Waals surface area contributed by atoms with Crippen molar-refractivity contribution < 1.29 is 14.6 Å². The van der Waals surface area contributed by atoms with E-state index in [9.17, 15) is 9.90 Å². The van der Waals surface area contributed by atoms with E-state index in [1.807, 2.05) is 12.1 Å². The average Bonchev–Trinajstić information content (AvgIpc) is 2.58. The number of benzene rings is 1. The third kappa shape index (κ3) is 2.34. The van der Waals surface area contributed by atoms with Crippen LogP contribution in [0.3, 0.4) is 0 Å². The van der Waals surface area contributed by atoms with Gasteiger partial charge in [-0.15, -0.1) is 0 Å². The number of likely N-dealkylation sites (N-methyl/N-ethyl adjacent to an activating group) is 1. The summed E-state index contributed by atoms with van der Waals surface area (Å²) in [5, 5.41) is 9.19. The molecule has 0 saturated carbocycles. The number of rotatable bonds is 3. The van der Waals surface area contributed by atoms with Crippen LogP contribution in [-0.2, 0) is 11.2 Å². The van der Waals surface area contributed by atoms with Crippen molar-refractivity contribution in [2.24, 2.45) is 5.73 Å². The number of carbonyl (C=O) groups is 1. The highest BCUT2D eigenvalue weighted by Crippen LogP contribution is 2.21. The molecule has 0 aromatic heterocycles. The van der Waals surface area contributed by atoms with Crippen molar-refractivity contribution in [3.8, 4) is 5.75 Å². The van der Waals surface area contributed by atoms with Crippen molar-refractivity contribution in [1.82, 2.24) is 4.90 Å². The average molecular weight is 236 g/mol. The summed E-state index contributed by atoms with van der Waals surface area (Å²) < 4.78 is 5.26. The van der Waals surface area contributed by atoms with Gasteiger partial charge in [0.2, 0.25) is 0 Å². The van der Waals surface area contributed by atoms with E-state index in [4.69, 9.17) is 10.5 Å². The summed E-state index contributed by atoms with van der Waals surface area (Å²) in [6.07, 6.45) is 0.0596. The standard InChI is InChI=1S/C12H16N2O3/c1-14-10(7-13)11(17-12(14)16)6-8-2-4-9(15)5-3-8/h2-5,10-11,15H,6-7,13H2,1H3. The van der Waals surface area contributed by atoms with Gasteiger partial charge >= 0.3 is 6.09 Å². The lowest BCUT2D eigenvalue weighted by molar-refractivity contribution is 0.130. The van der Waals surface area contributed by atoms with Crippen LogP contribution in [-0.4, -0.2) is 41.8 Å². The van der Waals surface area contributed by atoms with Crippen molar-refractivity contribution in [1.29, 1.82) is 0 Å². The Kier molecular flexibility index (Phi) is 3.19. The van der Waals surface area contributed by atoms with Gasteiger partial charge in [0.15, 0.2) is 0 Å². The predicted molar refractivity (Wildman–Crippen MR) is 62.7 cm³/mol. The lowest BCUT2D eigenvalue weighted by atomic mass is 10.0. The van der Waals surface area contributed by atoms with Crippen molar-refractivity contribution in [3.63, 3.8) is 0 Å². The first-order valence-electron chi connectivity index (χ1n) is 5.53. The van der Waals surface area contributed by atoms with E-state index in [1.54, 1.807) is 19.2 Å². The van der Waals surface area contributed by atoms with Gasteiger partial charge in [-0.1, -0.05) is 12.1 Å². The summed E-state index contributed by atoms with van der Waals surface area (Å²) in [5.41, 5.74) is 6.65. The predicted octanol–water partition coefficient (Wildman–Crippen LogP) is 0.713. The minimum absolute atomic E-state index is 0.0868. The number of phenols is 1. The number of cyclic esters (lactones) is 1. The minimum Gasteiger partial charge on any atom is -0.508 e. The van der Waals surface area contributed by atoms with E-state index in [0.717, 1.165) is 5.56 Å². The highest BCUT2D eigenvalue weighted by Gasteiger charge is 2.38. The fraction of sp³-hybridized carbons (Fsp3) is 0.417. The summed E-state index contributed by atoms with van der Waals surface area (Å²) in [6, 6.07) is 6.78. The third-order valence-electron chi connectivity index (χ3n) is 3.08. The van der Waals surface area contributed by atoms with Crippen LogP contribution in [0.15, 0.2) is 24.3 Å². The molecule has 1 aromatic rings. The number of aromatic hydroxyl groups is 1. The van der Waals surface area contributed by atoms with Gasteiger partial charge in [-0.3, -0.25) is 0 Å². The number of nitrogens with zero attached hydrogens (tertiary/aromatic N) is 1. The van der Waals surface area contributed by atoms with Gasteiger partial charge < -0.3 is 20.5 Å². The Hall–Kier alpha value is -1.75. The molecule has 0 radical (unpaired) electrons. The summed E-state index contributed by atoms with van der Waals surface area (Å²) >= 11 is 0. The Bertz CT molecular complexity index is 405. The second-order valence-electron chi connectivity index (χ2n) is 4.21. The van der Waals surface area contributed by atoms with Crippen molar-refractivity contribution in [3.05, 3.63) is 29.8 Å². The van der Waals surface area contributed by atoms with Crippen LogP contribution in [0.25, 0.3) is 0 Å². The molecule has 2 rings (SSSR count). The van der Waals surface area contributed by atoms with Gasteiger partial charge in [-0.2, -0.15) is 0 Å². The first-order valence-corrected chi connectivity index (χ1v) is 5.53. The van der Waals surface area contributed by atoms with E-state index in [1.165, 1.54) is 4.90 Å². The van der Waals surface area contributed by atoms with Gasteiger partial charge in [-0.05, 0) is 17.7 Å². The number of hydrogen-bond donors (Lipinski definition) is 2. The second kappa shape index (κ2) is 4.63. The maximum absolute atomic E-state index is 11.4. The first-order chi connectivity index (χ1) is 8.11. The van der Waals surface area contributed by atoms with Crippen molar-refractivity contribution in [2.75, 3.05) is 13.6 Å². The molecule has 3 N–H and O–H groups in total. The molecular formula is C12H16N2O3. The molecule has 0 aliphatic carbocycles. The molecule has 0 bridgehead atoms. The van der Waals surface area contributed by atoms with E-state index in [-0.39, 0.29) is 24.0 Å². The Morgan fingerprint density at radius 2 is 2.06 bits per heavy atom. The van der Waals surface area contributed by atoms with E-state index in [2.05, 4.69) is 0 Å². The zero-order chi connectivity index (χ0) is 12.4. The molecule has 1 aliphatic heterocycles. The fourth-order valence-corrected chi connectivity index (χ4v) is 2.03. The molecule has 1 saturated heterocycles. The number of hydrogen-bond acceptors (Lipinski definition) is 4. The van der Waals surface area contributed by atoms with Gasteiger partial charge in [-0.25, -0.2) is 4.79 Å². The highest BCUT2D eigenvalue weighted by atomic mass is 16.6. The second-order valence-corrected chi connectivity index (χ2v) is 4.21. The van der Waals surface area contributed by atoms with Gasteiger partial charge in [0.05, 0.1) is 6.04 Å². The topological polar surface area (TPSA) is 75.8 Å². The summed E-state index contributed by atoms with van der Waals surface area (Å²) in [6.45, 7) is 0.380. The molecule has 1 aliphatic rings. The molecule has 1 heterocycles. The fourth-order valence-electron chi connectivity index (χ4n) is 2.03. The Morgan fingerprint density at radius 1 is 1.41 bits per heavy atom. The van der Waals surface area contributed by atoms with Gasteiger partial charge in [0, 0.05) is 20.0 Å². The Balaban J connectivity index is 2.08. The smallest absolute Gasteiger partial charge is 0.410 e. The van der Waals surface area contributed by atoms with Crippen LogP contribution >= 0.6 is 0 Å². The third-order valence-corrected chi connectivity index (χ3v) is 3.08. The molecule has 17 heavy (non-hydrogen) atoms. The highest BCUT2D eigenvalue weighted by molar-refractivity contribution is 5.70. The molecule has 1 aromatic carbocycles. The van der Waals surface area contributed by atoms with Crippen LogP contribution in [0.2, 0.25) is 0 Å². The first kappa shape index (κ1) is 11.7. The Morgan fingerprint density at radius 3 is 2.65 bits per heavy atom. The molecular weight excluding hydrogens is 220 g/mol. The Labute approximate surface area is 99.8 Å². The zero-order valence-electron chi connectivity index (χ0n) is 9.67. The number of nitrogens with two attached hydrogens (primary N) is 1. The van der Waals surface area contributed by atoms with Crippen LogP contribution in [0, 0.1) is 0 Å². The van der Waals surface area contributed by atoms with Crippen LogP contribution in [0.4, 0.5) is 4.79 Å². The minimum atomic E-state index is -0.329. The lowest BCUT2D eigenvalue weighted by Crippen LogP contribution is -2.40. The summed E-state index contributed by atoms with van der Waals surface area (Å²) in [7, 11) is 1.69. The summed E-state index contributed by atoms with van der Waals surface area (Å²) in [5.74, 6) is 0.227. The number of phenolic OH excluding ortho intramolecular Hbond substituents is 1. The van der Waals surface area contributed by atoms with Crippen molar-refractivity contribution in [2.45, 2.75) is 18.6 Å². The molecule has 5 heteroatoms. The van der Waals surface area contributed by atoms with E-state index in [0.29, 0.717) is 13.0 Å². The normalized spacial score (nSPS) is 23.9. The molecule has 5 nitrogen and oxygen atoms in total. The molecule has 1 fully saturated rings. The molecule has 0 spiro atoms. The van der Waals surface area contributed by atoms with E-state index >= 15 is 0 Å². The molecule has 2 atom stereocenters. The van der Waals surface area contributed by atoms with Gasteiger partial charge in [0.1, 0.15) is 11.9 Å². The summed E-state index contributed by atoms with van der Waals surface area (Å²) in [4.78, 5) is 12.9. The molecule has 92 valence electrons. The van der Waals surface area contributed by atoms with Crippen LogP contribution in [0.1, 0.15) is 5.56 Å². The SMILES string of the molecule is CN1C(=O)OC(Cc2ccc(O)cc2)C1CN. The van der Waals surface area contributed by atoms with Crippen LogP contribution in [0.5, 0.6) is 5.75 Å². The van der Waals surface area contributed by atoms with E-state index < -0.39 is 0 Å². The quantitative estimate of drug-likeness (QED) is 0.810. The maximum atomic E-state index is 11.4. The largest absolute Gasteiger partial charge is 0.508 e. The number of ether oxygens (including phenoxy) is 1. The zero-order valence-corrected chi connectivity index (χ0v) is 9.67. The number of carbonyl (C=O) groups excluding carboxylic acids is 1. The molecule has 1 amide bonds. The van der Waals surface area contributed by atoms with Crippen molar-refractivity contribution >= 4 is 6.09 Å². The van der Waals surface area contributed by atoms with Crippen LogP contribution < -0.4 is 5.73 Å². The molecule has 2 unspecified atom stereocenters.